The lowest BCUT2D eigenvalue weighted by Crippen LogP contribution is -2.60. The number of aromatic nitrogens is 1. The van der Waals surface area contributed by atoms with Gasteiger partial charge in [-0.25, -0.2) is 13.4 Å². The Balaban J connectivity index is 1.70. The third kappa shape index (κ3) is 3.79. The highest BCUT2D eigenvalue weighted by atomic mass is 32.2. The third-order valence-electron chi connectivity index (χ3n) is 5.16. The Labute approximate surface area is 149 Å². The molecule has 2 saturated heterocycles. The first-order valence-corrected chi connectivity index (χ1v) is 10.4. The van der Waals surface area contributed by atoms with Gasteiger partial charge in [0.2, 0.25) is 5.91 Å². The number of rotatable bonds is 2. The predicted octanol–water partition coefficient (Wildman–Crippen LogP) is 0.570. The van der Waals surface area contributed by atoms with E-state index in [0.29, 0.717) is 32.5 Å². The molecule has 1 amide bonds. The van der Waals surface area contributed by atoms with Gasteiger partial charge in [0, 0.05) is 38.6 Å². The average Bonchev–Trinajstić information content (AvgIpc) is 2.67. The zero-order valence-corrected chi connectivity index (χ0v) is 15.8. The fraction of sp³-hybridized carbons (Fsp3) is 0.647. The summed E-state index contributed by atoms with van der Waals surface area (Å²) >= 11 is 0. The van der Waals surface area contributed by atoms with E-state index in [1.54, 1.807) is 12.1 Å². The van der Waals surface area contributed by atoms with Crippen LogP contribution in [0.2, 0.25) is 0 Å². The first-order chi connectivity index (χ1) is 11.6. The molecule has 3 heterocycles. The van der Waals surface area contributed by atoms with E-state index in [1.807, 2.05) is 0 Å². The van der Waals surface area contributed by atoms with Gasteiger partial charge in [-0.1, -0.05) is 13.8 Å². The second-order valence-electron chi connectivity index (χ2n) is 7.89. The van der Waals surface area contributed by atoms with Gasteiger partial charge in [-0.15, -0.1) is 0 Å². The number of piperidine rings is 1. The smallest absolute Gasteiger partial charge is 0.240 e. The molecule has 1 spiro atoms. The van der Waals surface area contributed by atoms with E-state index < -0.39 is 15.4 Å². The van der Waals surface area contributed by atoms with E-state index in [0.717, 1.165) is 12.4 Å². The fourth-order valence-electron chi connectivity index (χ4n) is 3.34. The summed E-state index contributed by atoms with van der Waals surface area (Å²) in [6.07, 6.45) is 3.97. The molecule has 7 nitrogen and oxygen atoms in total. The first-order valence-electron chi connectivity index (χ1n) is 8.56. The molecule has 2 fully saturated rings. The highest BCUT2D eigenvalue weighted by molar-refractivity contribution is 7.90. The highest BCUT2D eigenvalue weighted by Crippen LogP contribution is 2.29. The molecule has 1 aromatic heterocycles. The normalized spacial score (nSPS) is 23.2. The number of nitrogens with one attached hydrogen (secondary N) is 2. The minimum atomic E-state index is -3.24. The Morgan fingerprint density at radius 3 is 2.40 bits per heavy atom. The van der Waals surface area contributed by atoms with Crippen LogP contribution in [-0.2, 0) is 14.6 Å². The van der Waals surface area contributed by atoms with Crippen LogP contribution in [0.1, 0.15) is 26.7 Å². The number of nitrogens with zero attached hydrogens (tertiary/aromatic N) is 2. The maximum absolute atomic E-state index is 12.6. The van der Waals surface area contributed by atoms with Crippen molar-refractivity contribution in [2.75, 3.05) is 37.3 Å². The summed E-state index contributed by atoms with van der Waals surface area (Å²) in [5.74, 6) is 0.828. The fourth-order valence-corrected chi connectivity index (χ4v) is 3.90. The number of amides is 1. The van der Waals surface area contributed by atoms with Crippen molar-refractivity contribution in [1.29, 1.82) is 0 Å². The number of pyridine rings is 1. The molecule has 0 unspecified atom stereocenters. The zero-order valence-electron chi connectivity index (χ0n) is 15.0. The average molecular weight is 366 g/mol. The lowest BCUT2D eigenvalue weighted by molar-refractivity contribution is -0.127. The second-order valence-corrected chi connectivity index (χ2v) is 9.91. The Hall–Kier alpha value is -1.67. The molecule has 8 heteroatoms. The van der Waals surface area contributed by atoms with Crippen molar-refractivity contribution >= 4 is 21.6 Å². The number of carbonyl (C=O) groups excluding carboxylic acids is 1. The Kier molecular flexibility index (Phi) is 4.53. The molecule has 0 radical (unpaired) electrons. The molecule has 0 aromatic carbocycles. The molecular weight excluding hydrogens is 340 g/mol. The quantitative estimate of drug-likeness (QED) is 0.795. The van der Waals surface area contributed by atoms with Crippen molar-refractivity contribution in [3.8, 4) is 0 Å². The van der Waals surface area contributed by atoms with Crippen LogP contribution < -0.4 is 15.5 Å². The number of carbonyl (C=O) groups is 1. The van der Waals surface area contributed by atoms with Crippen LogP contribution in [0.5, 0.6) is 0 Å². The molecule has 0 bridgehead atoms. The SMILES string of the molecule is CC1(C)CNC(=O)C2(CCN(c3ccc(S(C)(=O)=O)cn3)CC2)NC1. The molecular formula is C17H26N4O3S. The molecule has 2 aliphatic rings. The van der Waals surface area contributed by atoms with Crippen LogP contribution in [-0.4, -0.2) is 57.3 Å². The Morgan fingerprint density at radius 2 is 1.84 bits per heavy atom. The lowest BCUT2D eigenvalue weighted by atomic mass is 9.86. The number of sulfone groups is 1. The topological polar surface area (TPSA) is 91.4 Å². The van der Waals surface area contributed by atoms with E-state index in [2.05, 4.69) is 34.4 Å². The maximum Gasteiger partial charge on any atom is 0.240 e. The molecule has 2 N–H and O–H groups in total. The molecule has 0 atom stereocenters. The molecule has 138 valence electrons. The summed E-state index contributed by atoms with van der Waals surface area (Å²) in [6.45, 7) is 7.16. The molecule has 25 heavy (non-hydrogen) atoms. The van der Waals surface area contributed by atoms with Crippen LogP contribution in [0.4, 0.5) is 5.82 Å². The van der Waals surface area contributed by atoms with Gasteiger partial charge < -0.3 is 15.5 Å². The Bertz CT molecular complexity index is 751. The molecule has 0 saturated carbocycles. The minimum absolute atomic E-state index is 0.0410. The summed E-state index contributed by atoms with van der Waals surface area (Å²) in [5, 5.41) is 6.57. The number of hydrogen-bond acceptors (Lipinski definition) is 6. The van der Waals surface area contributed by atoms with Gasteiger partial charge in [0.15, 0.2) is 9.84 Å². The lowest BCUT2D eigenvalue weighted by Gasteiger charge is -2.41. The van der Waals surface area contributed by atoms with Gasteiger partial charge >= 0.3 is 0 Å². The minimum Gasteiger partial charge on any atom is -0.356 e. The van der Waals surface area contributed by atoms with Crippen LogP contribution in [0.25, 0.3) is 0 Å². The van der Waals surface area contributed by atoms with E-state index in [4.69, 9.17) is 0 Å². The van der Waals surface area contributed by atoms with Crippen LogP contribution >= 0.6 is 0 Å². The molecule has 0 aliphatic carbocycles. The van der Waals surface area contributed by atoms with Crippen molar-refractivity contribution in [2.45, 2.75) is 37.1 Å². The van der Waals surface area contributed by atoms with Gasteiger partial charge in [0.25, 0.3) is 0 Å². The molecule has 1 aromatic rings. The van der Waals surface area contributed by atoms with Crippen molar-refractivity contribution in [3.05, 3.63) is 18.3 Å². The summed E-state index contributed by atoms with van der Waals surface area (Å²) in [5.41, 5.74) is -0.476. The second kappa shape index (κ2) is 6.25. The highest BCUT2D eigenvalue weighted by Gasteiger charge is 2.44. The van der Waals surface area contributed by atoms with Crippen molar-refractivity contribution in [2.24, 2.45) is 5.41 Å². The summed E-state index contributed by atoms with van der Waals surface area (Å²) in [6, 6.07) is 3.32. The summed E-state index contributed by atoms with van der Waals surface area (Å²) in [4.78, 5) is 19.2. The van der Waals surface area contributed by atoms with Crippen molar-refractivity contribution in [1.82, 2.24) is 15.6 Å². The predicted molar refractivity (Wildman–Crippen MR) is 96.3 cm³/mol. The van der Waals surface area contributed by atoms with E-state index in [1.165, 1.54) is 12.5 Å². The third-order valence-corrected chi connectivity index (χ3v) is 6.26. The van der Waals surface area contributed by atoms with Crippen LogP contribution in [0, 0.1) is 5.41 Å². The Morgan fingerprint density at radius 1 is 1.16 bits per heavy atom. The van der Waals surface area contributed by atoms with Gasteiger partial charge in [0.05, 0.1) is 4.90 Å². The number of anilines is 1. The van der Waals surface area contributed by atoms with E-state index in [-0.39, 0.29) is 16.2 Å². The summed E-state index contributed by atoms with van der Waals surface area (Å²) < 4.78 is 23.1. The summed E-state index contributed by atoms with van der Waals surface area (Å²) in [7, 11) is -3.24. The van der Waals surface area contributed by atoms with Gasteiger partial charge in [-0.05, 0) is 30.4 Å². The first kappa shape index (κ1) is 18.1. The van der Waals surface area contributed by atoms with E-state index >= 15 is 0 Å². The monoisotopic (exact) mass is 366 g/mol. The van der Waals surface area contributed by atoms with Gasteiger partial charge in [0.1, 0.15) is 11.4 Å². The standard InChI is InChI=1S/C17H26N4O3S/c1-16(2)11-19-15(22)17(20-12-16)6-8-21(9-7-17)14-5-4-13(10-18-14)25(3,23)24/h4-5,10,20H,6-9,11-12H2,1-3H3,(H,19,22). The molecule has 3 rings (SSSR count). The van der Waals surface area contributed by atoms with Gasteiger partial charge in [-0.3, -0.25) is 4.79 Å². The largest absolute Gasteiger partial charge is 0.356 e. The van der Waals surface area contributed by atoms with E-state index in [9.17, 15) is 13.2 Å². The van der Waals surface area contributed by atoms with Gasteiger partial charge in [-0.2, -0.15) is 0 Å². The molecule has 2 aliphatic heterocycles. The zero-order chi connectivity index (χ0) is 18.3. The van der Waals surface area contributed by atoms with Crippen LogP contribution in [0.15, 0.2) is 23.2 Å². The number of hydrogen-bond donors (Lipinski definition) is 2. The van der Waals surface area contributed by atoms with Crippen LogP contribution in [0.3, 0.4) is 0 Å². The maximum atomic E-state index is 12.6. The van der Waals surface area contributed by atoms with Crippen molar-refractivity contribution in [3.63, 3.8) is 0 Å². The van der Waals surface area contributed by atoms with Crippen molar-refractivity contribution < 1.29 is 13.2 Å².